The van der Waals surface area contributed by atoms with Gasteiger partial charge in [0.05, 0.1) is 6.20 Å². The van der Waals surface area contributed by atoms with Crippen LogP contribution in [0.1, 0.15) is 0 Å². The van der Waals surface area contributed by atoms with E-state index in [2.05, 4.69) is 10.1 Å². The molecular weight excluding hydrogens is 150 g/mol. The molecule has 2 rings (SSSR count). The Morgan fingerprint density at radius 2 is 2.40 bits per heavy atom. The van der Waals surface area contributed by atoms with Crippen LogP contribution < -0.4 is 0 Å². The van der Waals surface area contributed by atoms with E-state index in [1.54, 1.807) is 12.4 Å². The lowest BCUT2D eigenvalue weighted by molar-refractivity contribution is 1.02. The molecule has 0 atom stereocenters. The molecule has 0 radical (unpaired) electrons. The van der Waals surface area contributed by atoms with Crippen molar-refractivity contribution in [2.75, 3.05) is 0 Å². The molecule has 0 N–H and O–H groups in total. The Morgan fingerprint density at radius 1 is 1.50 bits per heavy atom. The second-order valence-electron chi connectivity index (χ2n) is 1.91. The summed E-state index contributed by atoms with van der Waals surface area (Å²) in [5.41, 5.74) is 1.65. The third-order valence-corrected chi connectivity index (χ3v) is 1.57. The SMILES string of the molecule is Cln1ncc2ncccc21. The lowest BCUT2D eigenvalue weighted by Gasteiger charge is -1.86. The predicted octanol–water partition coefficient (Wildman–Crippen LogP) is 1.43. The molecule has 0 bridgehead atoms. The van der Waals surface area contributed by atoms with E-state index in [0.717, 1.165) is 11.0 Å². The topological polar surface area (TPSA) is 30.7 Å². The number of fused-ring (bicyclic) bond motifs is 1. The van der Waals surface area contributed by atoms with Crippen LogP contribution in [0.4, 0.5) is 0 Å². The van der Waals surface area contributed by atoms with Crippen LogP contribution in [-0.4, -0.2) is 14.3 Å². The maximum Gasteiger partial charge on any atom is 0.110 e. The van der Waals surface area contributed by atoms with Gasteiger partial charge in [-0.15, -0.1) is 0 Å². The van der Waals surface area contributed by atoms with Gasteiger partial charge in [0, 0.05) is 18.0 Å². The van der Waals surface area contributed by atoms with Crippen LogP contribution in [0.3, 0.4) is 0 Å². The van der Waals surface area contributed by atoms with Gasteiger partial charge >= 0.3 is 0 Å². The molecular formula is C6H4ClN3. The quantitative estimate of drug-likeness (QED) is 0.573. The summed E-state index contributed by atoms with van der Waals surface area (Å²) < 4.78 is 1.28. The number of hydrogen-bond donors (Lipinski definition) is 0. The summed E-state index contributed by atoms with van der Waals surface area (Å²) >= 11 is 5.64. The van der Waals surface area contributed by atoms with Crippen molar-refractivity contribution in [3.63, 3.8) is 0 Å². The fourth-order valence-electron chi connectivity index (χ4n) is 0.832. The fourth-order valence-corrected chi connectivity index (χ4v) is 1.02. The molecule has 10 heavy (non-hydrogen) atoms. The van der Waals surface area contributed by atoms with Crippen molar-refractivity contribution in [3.05, 3.63) is 24.5 Å². The molecule has 0 unspecified atom stereocenters. The van der Waals surface area contributed by atoms with Crippen molar-refractivity contribution in [2.45, 2.75) is 0 Å². The Hall–Kier alpha value is -1.09. The summed E-state index contributed by atoms with van der Waals surface area (Å²) in [7, 11) is 0. The van der Waals surface area contributed by atoms with E-state index < -0.39 is 0 Å². The lowest BCUT2D eigenvalue weighted by atomic mass is 10.4. The van der Waals surface area contributed by atoms with Gasteiger partial charge in [-0.1, -0.05) is 0 Å². The molecule has 4 heteroatoms. The van der Waals surface area contributed by atoms with Gasteiger partial charge in [-0.2, -0.15) is 9.30 Å². The van der Waals surface area contributed by atoms with Crippen molar-refractivity contribution >= 4 is 22.8 Å². The van der Waals surface area contributed by atoms with Gasteiger partial charge in [0.1, 0.15) is 11.0 Å². The zero-order valence-corrected chi connectivity index (χ0v) is 5.78. The largest absolute Gasteiger partial charge is 0.253 e. The monoisotopic (exact) mass is 153 g/mol. The molecule has 50 valence electrons. The Kier molecular flexibility index (Phi) is 1.11. The van der Waals surface area contributed by atoms with E-state index in [-0.39, 0.29) is 0 Å². The van der Waals surface area contributed by atoms with Crippen molar-refractivity contribution in [1.82, 2.24) is 14.3 Å². The van der Waals surface area contributed by atoms with E-state index in [0.29, 0.717) is 0 Å². The smallest absolute Gasteiger partial charge is 0.110 e. The van der Waals surface area contributed by atoms with Crippen molar-refractivity contribution in [2.24, 2.45) is 0 Å². The Labute approximate surface area is 62.4 Å². The predicted molar refractivity (Wildman–Crippen MR) is 38.8 cm³/mol. The maximum atomic E-state index is 5.64. The Morgan fingerprint density at radius 3 is 3.20 bits per heavy atom. The minimum atomic E-state index is 0.817. The highest BCUT2D eigenvalue weighted by Gasteiger charge is 1.97. The van der Waals surface area contributed by atoms with E-state index in [1.165, 1.54) is 4.20 Å². The maximum absolute atomic E-state index is 5.64. The Balaban J connectivity index is 2.93. The van der Waals surface area contributed by atoms with E-state index in [1.807, 2.05) is 12.1 Å². The average Bonchev–Trinajstić information content (AvgIpc) is 2.34. The molecule has 2 aromatic rings. The van der Waals surface area contributed by atoms with Crippen LogP contribution in [-0.2, 0) is 0 Å². The van der Waals surface area contributed by atoms with Crippen LogP contribution in [0.15, 0.2) is 24.5 Å². The van der Waals surface area contributed by atoms with E-state index >= 15 is 0 Å². The Bertz CT molecular complexity index is 355. The van der Waals surface area contributed by atoms with Crippen LogP contribution in [0.2, 0.25) is 0 Å². The fraction of sp³-hybridized carbons (Fsp3) is 0. The molecule has 0 aliphatic rings. The van der Waals surface area contributed by atoms with Crippen molar-refractivity contribution in [3.8, 4) is 0 Å². The molecule has 0 aromatic carbocycles. The highest BCUT2D eigenvalue weighted by Crippen LogP contribution is 2.09. The zero-order valence-electron chi connectivity index (χ0n) is 5.03. The third-order valence-electron chi connectivity index (χ3n) is 1.30. The van der Waals surface area contributed by atoms with Gasteiger partial charge in [-0.25, -0.2) is 0 Å². The normalized spacial score (nSPS) is 10.5. The summed E-state index contributed by atoms with van der Waals surface area (Å²) in [5.74, 6) is 0. The third kappa shape index (κ3) is 0.675. The summed E-state index contributed by atoms with van der Waals surface area (Å²) in [6.45, 7) is 0. The minimum Gasteiger partial charge on any atom is -0.253 e. The highest BCUT2D eigenvalue weighted by atomic mass is 35.5. The number of rotatable bonds is 0. The highest BCUT2D eigenvalue weighted by molar-refractivity contribution is 6.17. The second kappa shape index (κ2) is 1.95. The number of halogens is 1. The van der Waals surface area contributed by atoms with E-state index in [4.69, 9.17) is 11.8 Å². The first-order chi connectivity index (χ1) is 4.88. The van der Waals surface area contributed by atoms with Gasteiger partial charge in [0.25, 0.3) is 0 Å². The first-order valence-electron chi connectivity index (χ1n) is 2.83. The summed E-state index contributed by atoms with van der Waals surface area (Å²) in [6, 6.07) is 3.69. The molecule has 0 aliphatic carbocycles. The van der Waals surface area contributed by atoms with E-state index in [9.17, 15) is 0 Å². The van der Waals surface area contributed by atoms with Crippen molar-refractivity contribution < 1.29 is 0 Å². The summed E-state index contributed by atoms with van der Waals surface area (Å²) in [5, 5.41) is 3.82. The second-order valence-corrected chi connectivity index (χ2v) is 2.23. The molecule has 2 aromatic heterocycles. The first kappa shape index (κ1) is 5.68. The number of hydrogen-bond acceptors (Lipinski definition) is 2. The van der Waals surface area contributed by atoms with Crippen LogP contribution in [0.5, 0.6) is 0 Å². The molecule has 0 aliphatic heterocycles. The number of nitrogens with zero attached hydrogens (tertiary/aromatic N) is 3. The van der Waals surface area contributed by atoms with Crippen LogP contribution >= 0.6 is 11.8 Å². The van der Waals surface area contributed by atoms with Gasteiger partial charge in [-0.3, -0.25) is 4.98 Å². The van der Waals surface area contributed by atoms with Gasteiger partial charge in [-0.05, 0) is 12.1 Å². The average molecular weight is 154 g/mol. The molecule has 3 nitrogen and oxygen atoms in total. The minimum absolute atomic E-state index is 0.817. The standard InChI is InChI=1S/C6H4ClN3/c7-10-6-2-1-3-8-5(6)4-9-10/h1-4H. The van der Waals surface area contributed by atoms with Crippen molar-refractivity contribution in [1.29, 1.82) is 0 Å². The molecule has 0 saturated heterocycles. The van der Waals surface area contributed by atoms with Gasteiger partial charge in [0.2, 0.25) is 0 Å². The molecule has 0 fully saturated rings. The van der Waals surface area contributed by atoms with Gasteiger partial charge < -0.3 is 0 Å². The van der Waals surface area contributed by atoms with Crippen LogP contribution in [0.25, 0.3) is 11.0 Å². The lowest BCUT2D eigenvalue weighted by Crippen LogP contribution is -1.79. The molecule has 2 heterocycles. The number of pyridine rings is 1. The number of aromatic nitrogens is 3. The summed E-state index contributed by atoms with van der Waals surface area (Å²) in [6.07, 6.45) is 3.34. The molecule has 0 spiro atoms. The van der Waals surface area contributed by atoms with Crippen LogP contribution in [0, 0.1) is 0 Å². The zero-order chi connectivity index (χ0) is 6.97. The molecule has 0 saturated carbocycles. The first-order valence-corrected chi connectivity index (χ1v) is 3.16. The molecule has 0 amide bonds. The van der Waals surface area contributed by atoms with Gasteiger partial charge in [0.15, 0.2) is 0 Å². The summed E-state index contributed by atoms with van der Waals surface area (Å²) in [4.78, 5) is 4.03.